The average molecular weight is 359 g/mol. The van der Waals surface area contributed by atoms with Crippen LogP contribution < -0.4 is 5.32 Å². The predicted molar refractivity (Wildman–Crippen MR) is 78.5 cm³/mol. The third-order valence-corrected chi connectivity index (χ3v) is 4.06. The molecule has 2 amide bonds. The zero-order valence-electron chi connectivity index (χ0n) is 13.2. The highest BCUT2D eigenvalue weighted by Gasteiger charge is 2.39. The number of aromatic nitrogens is 1. The van der Waals surface area contributed by atoms with Gasteiger partial charge in [-0.1, -0.05) is 0 Å². The zero-order valence-corrected chi connectivity index (χ0v) is 13.2. The van der Waals surface area contributed by atoms with Gasteiger partial charge in [-0.15, -0.1) is 0 Å². The second-order valence-electron chi connectivity index (χ2n) is 5.66. The van der Waals surface area contributed by atoms with Gasteiger partial charge in [0.15, 0.2) is 0 Å². The van der Waals surface area contributed by atoms with Gasteiger partial charge in [0.1, 0.15) is 6.04 Å². The molecule has 1 aliphatic rings. The lowest BCUT2D eigenvalue weighted by atomic mass is 9.91. The molecular formula is C15H16F3N3O4. The number of halogens is 3. The number of pyridine rings is 1. The Kier molecular flexibility index (Phi) is 5.29. The molecule has 2 rings (SSSR count). The number of carboxylic acids is 1. The smallest absolute Gasteiger partial charge is 0.417 e. The largest absolute Gasteiger partial charge is 0.480 e. The first kappa shape index (κ1) is 18.7. The molecule has 1 fully saturated rings. The van der Waals surface area contributed by atoms with Crippen LogP contribution >= 0.6 is 0 Å². The molecule has 1 saturated heterocycles. The van der Waals surface area contributed by atoms with Gasteiger partial charge in [0.25, 0.3) is 5.91 Å². The third-order valence-electron chi connectivity index (χ3n) is 4.06. The lowest BCUT2D eigenvalue weighted by Gasteiger charge is -2.36. The molecule has 25 heavy (non-hydrogen) atoms. The average Bonchev–Trinajstić information content (AvgIpc) is 2.59. The molecule has 0 spiro atoms. The van der Waals surface area contributed by atoms with Gasteiger partial charge in [-0.2, -0.15) is 13.2 Å². The van der Waals surface area contributed by atoms with Crippen LogP contribution in [0.3, 0.4) is 0 Å². The van der Waals surface area contributed by atoms with Crippen LogP contribution in [0.5, 0.6) is 0 Å². The van der Waals surface area contributed by atoms with E-state index in [1.165, 1.54) is 7.05 Å². The number of nitrogens with one attached hydrogen (secondary N) is 1. The Hall–Kier alpha value is -2.65. The van der Waals surface area contributed by atoms with Gasteiger partial charge in [-0.25, -0.2) is 4.79 Å². The van der Waals surface area contributed by atoms with Crippen LogP contribution in [0.1, 0.15) is 28.8 Å². The number of carbonyl (C=O) groups excluding carboxylic acids is 2. The molecule has 2 atom stereocenters. The highest BCUT2D eigenvalue weighted by atomic mass is 19.4. The SMILES string of the molecule is CNC(=O)[C@H]1CC[C@@H](C(=O)O)N(C(=O)c2cncc(C(F)(F)F)c2)C1. The predicted octanol–water partition coefficient (Wildman–Crippen LogP) is 1.15. The minimum Gasteiger partial charge on any atom is -0.480 e. The third kappa shape index (κ3) is 4.06. The van der Waals surface area contributed by atoms with E-state index in [0.717, 1.165) is 11.1 Å². The standard InChI is InChI=1S/C15H16F3N3O4/c1-19-12(22)8-2-3-11(14(24)25)21(7-8)13(23)9-4-10(6-20-5-9)15(16,17)18/h4-6,8,11H,2-3,7H2,1H3,(H,19,22)(H,24,25)/t8-,11-/m0/s1. The summed E-state index contributed by atoms with van der Waals surface area (Å²) in [7, 11) is 1.41. The summed E-state index contributed by atoms with van der Waals surface area (Å²) in [5, 5.41) is 11.7. The summed E-state index contributed by atoms with van der Waals surface area (Å²) in [4.78, 5) is 40.1. The van der Waals surface area contributed by atoms with E-state index in [0.29, 0.717) is 12.3 Å². The van der Waals surface area contributed by atoms with Crippen LogP contribution in [0.15, 0.2) is 18.5 Å². The summed E-state index contributed by atoms with van der Waals surface area (Å²) in [5.74, 6) is -3.16. The van der Waals surface area contributed by atoms with E-state index >= 15 is 0 Å². The van der Waals surface area contributed by atoms with Crippen molar-refractivity contribution in [2.24, 2.45) is 5.92 Å². The summed E-state index contributed by atoms with van der Waals surface area (Å²) in [6.07, 6.45) is -2.86. The van der Waals surface area contributed by atoms with Crippen molar-refractivity contribution in [2.75, 3.05) is 13.6 Å². The van der Waals surface area contributed by atoms with E-state index < -0.39 is 35.6 Å². The van der Waals surface area contributed by atoms with Crippen LogP contribution in [-0.2, 0) is 15.8 Å². The molecule has 1 aromatic heterocycles. The molecule has 0 aliphatic carbocycles. The molecule has 0 radical (unpaired) electrons. The Labute approximate surface area is 140 Å². The van der Waals surface area contributed by atoms with Crippen molar-refractivity contribution in [2.45, 2.75) is 25.1 Å². The number of amides is 2. The number of rotatable bonds is 3. The van der Waals surface area contributed by atoms with Crippen molar-refractivity contribution in [3.63, 3.8) is 0 Å². The Morgan fingerprint density at radius 3 is 2.52 bits per heavy atom. The summed E-state index contributed by atoms with van der Waals surface area (Å²) in [5.41, 5.74) is -1.48. The first-order chi connectivity index (χ1) is 11.6. The Bertz CT molecular complexity index is 693. The van der Waals surface area contributed by atoms with E-state index in [1.54, 1.807) is 0 Å². The topological polar surface area (TPSA) is 99.6 Å². The number of hydrogen-bond donors (Lipinski definition) is 2. The van der Waals surface area contributed by atoms with E-state index in [1.807, 2.05) is 0 Å². The van der Waals surface area contributed by atoms with Crippen LogP contribution in [0.2, 0.25) is 0 Å². The van der Waals surface area contributed by atoms with Crippen molar-refractivity contribution in [1.82, 2.24) is 15.2 Å². The van der Waals surface area contributed by atoms with Crippen LogP contribution in [0.25, 0.3) is 0 Å². The van der Waals surface area contributed by atoms with E-state index in [-0.39, 0.29) is 30.9 Å². The van der Waals surface area contributed by atoms with Crippen molar-refractivity contribution < 1.29 is 32.7 Å². The molecule has 0 unspecified atom stereocenters. The Morgan fingerprint density at radius 1 is 1.28 bits per heavy atom. The van der Waals surface area contributed by atoms with Gasteiger partial charge in [-0.3, -0.25) is 14.6 Å². The van der Waals surface area contributed by atoms with Crippen LogP contribution in [0.4, 0.5) is 13.2 Å². The highest BCUT2D eigenvalue weighted by molar-refractivity contribution is 5.97. The van der Waals surface area contributed by atoms with Gasteiger partial charge in [0, 0.05) is 26.0 Å². The second kappa shape index (κ2) is 7.08. The molecule has 0 bridgehead atoms. The fourth-order valence-electron chi connectivity index (χ4n) is 2.75. The first-order valence-electron chi connectivity index (χ1n) is 7.42. The number of nitrogens with zero attached hydrogens (tertiary/aromatic N) is 2. The van der Waals surface area contributed by atoms with E-state index in [2.05, 4.69) is 10.3 Å². The summed E-state index contributed by atoms with van der Waals surface area (Å²) >= 11 is 0. The normalized spacial score (nSPS) is 20.9. The maximum absolute atomic E-state index is 12.8. The molecule has 0 saturated carbocycles. The number of carbonyl (C=O) groups is 3. The molecular weight excluding hydrogens is 343 g/mol. The van der Waals surface area contributed by atoms with Gasteiger partial charge >= 0.3 is 12.1 Å². The number of aliphatic carboxylic acids is 1. The quantitative estimate of drug-likeness (QED) is 0.843. The van der Waals surface area contributed by atoms with Crippen molar-refractivity contribution in [3.05, 3.63) is 29.6 Å². The summed E-state index contributed by atoms with van der Waals surface area (Å²) in [6, 6.07) is -0.583. The molecule has 1 aromatic rings. The van der Waals surface area contributed by atoms with Gasteiger partial charge < -0.3 is 15.3 Å². The second-order valence-corrected chi connectivity index (χ2v) is 5.66. The monoisotopic (exact) mass is 359 g/mol. The number of alkyl halides is 3. The number of likely N-dealkylation sites (tertiary alicyclic amines) is 1. The van der Waals surface area contributed by atoms with Gasteiger partial charge in [-0.05, 0) is 18.9 Å². The number of hydrogen-bond acceptors (Lipinski definition) is 4. The summed E-state index contributed by atoms with van der Waals surface area (Å²) < 4.78 is 38.3. The minimum atomic E-state index is -4.68. The Morgan fingerprint density at radius 2 is 1.96 bits per heavy atom. The molecule has 2 N–H and O–H groups in total. The number of piperidine rings is 1. The van der Waals surface area contributed by atoms with Crippen LogP contribution in [0, 0.1) is 5.92 Å². The fraction of sp³-hybridized carbons (Fsp3) is 0.467. The molecule has 1 aliphatic heterocycles. The Balaban J connectivity index is 2.32. The summed E-state index contributed by atoms with van der Waals surface area (Å²) in [6.45, 7) is -0.189. The molecule has 2 heterocycles. The first-order valence-corrected chi connectivity index (χ1v) is 7.42. The van der Waals surface area contributed by atoms with Crippen molar-refractivity contribution >= 4 is 17.8 Å². The lowest BCUT2D eigenvalue weighted by molar-refractivity contribution is -0.145. The van der Waals surface area contributed by atoms with Crippen LogP contribution in [-0.4, -0.2) is 52.4 Å². The lowest BCUT2D eigenvalue weighted by Crippen LogP contribution is -2.53. The maximum Gasteiger partial charge on any atom is 0.417 e. The zero-order chi connectivity index (χ0) is 18.8. The maximum atomic E-state index is 12.8. The van der Waals surface area contributed by atoms with E-state index in [9.17, 15) is 32.7 Å². The number of carboxylic acid groups (broad SMARTS) is 1. The van der Waals surface area contributed by atoms with Gasteiger partial charge in [0.05, 0.1) is 17.0 Å². The van der Waals surface area contributed by atoms with Crippen molar-refractivity contribution in [3.8, 4) is 0 Å². The fourth-order valence-corrected chi connectivity index (χ4v) is 2.75. The molecule has 136 valence electrons. The van der Waals surface area contributed by atoms with Crippen molar-refractivity contribution in [1.29, 1.82) is 0 Å². The molecule has 10 heteroatoms. The van der Waals surface area contributed by atoms with E-state index in [4.69, 9.17) is 0 Å². The molecule has 7 nitrogen and oxygen atoms in total. The van der Waals surface area contributed by atoms with Gasteiger partial charge in [0.2, 0.25) is 5.91 Å². The highest BCUT2D eigenvalue weighted by Crippen LogP contribution is 2.30. The molecule has 0 aromatic carbocycles. The minimum absolute atomic E-state index is 0.0333.